The molecule has 1 fully saturated rings. The van der Waals surface area contributed by atoms with Crippen LogP contribution in [0, 0.1) is 11.3 Å². The van der Waals surface area contributed by atoms with Crippen molar-refractivity contribution in [3.63, 3.8) is 0 Å². The van der Waals surface area contributed by atoms with Crippen molar-refractivity contribution in [1.29, 1.82) is 5.26 Å². The number of urea groups is 1. The molecule has 8 nitrogen and oxygen atoms in total. The summed E-state index contributed by atoms with van der Waals surface area (Å²) >= 11 is 3.51. The Morgan fingerprint density at radius 3 is 2.65 bits per heavy atom. The molecule has 1 saturated heterocycles. The SMILES string of the molecule is COc1cc2ncc(C#N)c(Nc3ccc4cc(Br)ccc4c3)c2cc1NC(=O)NC1CCN(C)CC1. The summed E-state index contributed by atoms with van der Waals surface area (Å²) in [6.45, 7) is 1.90. The normalized spacial score (nSPS) is 14.3. The lowest BCUT2D eigenvalue weighted by atomic mass is 10.1. The third kappa shape index (κ3) is 5.45. The number of aromatic nitrogens is 1. The molecule has 37 heavy (non-hydrogen) atoms. The Morgan fingerprint density at radius 2 is 1.89 bits per heavy atom. The van der Waals surface area contributed by atoms with Gasteiger partial charge in [-0.1, -0.05) is 28.1 Å². The molecule has 0 unspecified atom stereocenters. The number of likely N-dealkylation sites (tertiary alicyclic amines) is 1. The second-order valence-electron chi connectivity index (χ2n) is 9.24. The summed E-state index contributed by atoms with van der Waals surface area (Å²) in [6.07, 6.45) is 3.36. The second-order valence-corrected chi connectivity index (χ2v) is 10.2. The number of halogens is 1. The molecule has 3 N–H and O–H groups in total. The number of nitrogens with one attached hydrogen (secondary N) is 3. The summed E-state index contributed by atoms with van der Waals surface area (Å²) in [4.78, 5) is 19.6. The lowest BCUT2D eigenvalue weighted by molar-refractivity contribution is 0.221. The van der Waals surface area contributed by atoms with Crippen LogP contribution in [0.2, 0.25) is 0 Å². The highest BCUT2D eigenvalue weighted by Crippen LogP contribution is 2.36. The fourth-order valence-corrected chi connectivity index (χ4v) is 5.02. The van der Waals surface area contributed by atoms with Gasteiger partial charge >= 0.3 is 6.03 Å². The lowest BCUT2D eigenvalue weighted by Gasteiger charge is -2.29. The van der Waals surface area contributed by atoms with E-state index < -0.39 is 0 Å². The van der Waals surface area contributed by atoms with Crippen LogP contribution in [0.5, 0.6) is 5.75 Å². The number of carbonyl (C=O) groups is 1. The maximum atomic E-state index is 12.8. The third-order valence-corrected chi connectivity index (χ3v) is 7.18. The molecular formula is C28H27BrN6O2. The highest BCUT2D eigenvalue weighted by atomic mass is 79.9. The molecule has 2 heterocycles. The lowest BCUT2D eigenvalue weighted by Crippen LogP contribution is -2.44. The van der Waals surface area contributed by atoms with Gasteiger partial charge in [-0.2, -0.15) is 5.26 Å². The minimum atomic E-state index is -0.285. The Balaban J connectivity index is 1.48. The maximum Gasteiger partial charge on any atom is 0.319 e. The van der Waals surface area contributed by atoms with Crippen LogP contribution in [-0.2, 0) is 0 Å². The molecular weight excluding hydrogens is 532 g/mol. The predicted octanol–water partition coefficient (Wildman–Crippen LogP) is 5.99. The average molecular weight is 559 g/mol. The van der Waals surface area contributed by atoms with Gasteiger partial charge in [0.1, 0.15) is 11.8 Å². The van der Waals surface area contributed by atoms with E-state index in [2.05, 4.69) is 60.9 Å². The van der Waals surface area contributed by atoms with Gasteiger partial charge in [-0.05, 0) is 74.1 Å². The van der Waals surface area contributed by atoms with E-state index in [1.165, 1.54) is 0 Å². The number of amides is 2. The Labute approximate surface area is 223 Å². The molecule has 0 radical (unpaired) electrons. The monoisotopic (exact) mass is 558 g/mol. The van der Waals surface area contributed by atoms with Gasteiger partial charge in [-0.25, -0.2) is 4.79 Å². The number of piperidine rings is 1. The van der Waals surface area contributed by atoms with Gasteiger partial charge in [0.2, 0.25) is 0 Å². The van der Waals surface area contributed by atoms with E-state index in [0.29, 0.717) is 33.6 Å². The first-order valence-corrected chi connectivity index (χ1v) is 12.9. The summed E-state index contributed by atoms with van der Waals surface area (Å²) in [5, 5.41) is 22.1. The molecule has 1 aliphatic heterocycles. The average Bonchev–Trinajstić information content (AvgIpc) is 2.90. The van der Waals surface area contributed by atoms with E-state index in [9.17, 15) is 10.1 Å². The highest BCUT2D eigenvalue weighted by Gasteiger charge is 2.20. The third-order valence-electron chi connectivity index (χ3n) is 6.68. The van der Waals surface area contributed by atoms with Crippen LogP contribution < -0.4 is 20.7 Å². The Morgan fingerprint density at radius 1 is 1.14 bits per heavy atom. The molecule has 188 valence electrons. The number of methoxy groups -OCH3 is 1. The Hall–Kier alpha value is -3.87. The molecule has 0 aliphatic carbocycles. The number of fused-ring (bicyclic) bond motifs is 2. The maximum absolute atomic E-state index is 12.8. The van der Waals surface area contributed by atoms with Gasteiger partial charge in [0.25, 0.3) is 0 Å². The van der Waals surface area contributed by atoms with Crippen molar-refractivity contribution in [1.82, 2.24) is 15.2 Å². The predicted molar refractivity (Wildman–Crippen MR) is 151 cm³/mol. The van der Waals surface area contributed by atoms with Crippen LogP contribution in [-0.4, -0.2) is 49.2 Å². The Kier molecular flexibility index (Phi) is 7.12. The smallest absolute Gasteiger partial charge is 0.319 e. The highest BCUT2D eigenvalue weighted by molar-refractivity contribution is 9.10. The zero-order valence-electron chi connectivity index (χ0n) is 20.6. The molecule has 9 heteroatoms. The van der Waals surface area contributed by atoms with Gasteiger partial charge in [-0.15, -0.1) is 0 Å². The van der Waals surface area contributed by atoms with Gasteiger partial charge < -0.3 is 25.6 Å². The fraction of sp³-hybridized carbons (Fsp3) is 0.250. The van der Waals surface area contributed by atoms with Gasteiger partial charge in [0.15, 0.2) is 0 Å². The number of carbonyl (C=O) groups excluding carboxylic acids is 1. The van der Waals surface area contributed by atoms with Crippen LogP contribution in [0.4, 0.5) is 21.9 Å². The van der Waals surface area contributed by atoms with Crippen molar-refractivity contribution < 1.29 is 9.53 Å². The molecule has 0 saturated carbocycles. The first-order chi connectivity index (χ1) is 17.9. The molecule has 5 rings (SSSR count). The summed E-state index contributed by atoms with van der Waals surface area (Å²) in [5.41, 5.74) is 3.00. The molecule has 4 aromatic rings. The van der Waals surface area contributed by atoms with Crippen LogP contribution in [0.1, 0.15) is 18.4 Å². The van der Waals surface area contributed by atoms with Crippen molar-refractivity contribution >= 4 is 60.7 Å². The van der Waals surface area contributed by atoms with E-state index in [1.807, 2.05) is 30.3 Å². The fourth-order valence-electron chi connectivity index (χ4n) is 4.64. The first-order valence-electron chi connectivity index (χ1n) is 12.1. The Bertz CT molecular complexity index is 1530. The van der Waals surface area contributed by atoms with E-state index in [-0.39, 0.29) is 12.1 Å². The van der Waals surface area contributed by atoms with Crippen LogP contribution in [0.3, 0.4) is 0 Å². The number of hydrogen-bond donors (Lipinski definition) is 3. The molecule has 3 aromatic carbocycles. The van der Waals surface area contributed by atoms with Gasteiger partial charge in [0, 0.05) is 33.9 Å². The standard InChI is InChI=1S/C28H27BrN6O2/c1-35-9-7-21(8-10-35)33-28(36)34-25-13-23-24(14-26(25)37-2)31-16-19(15-30)27(23)32-22-6-4-17-11-20(29)5-3-18(17)12-22/h3-6,11-14,16,21H,7-10H2,1-2H3,(H,31,32)(H2,33,34,36). The number of benzene rings is 3. The minimum Gasteiger partial charge on any atom is -0.494 e. The first kappa shape index (κ1) is 24.8. The van der Waals surface area contributed by atoms with Gasteiger partial charge in [-0.3, -0.25) is 4.98 Å². The summed E-state index contributed by atoms with van der Waals surface area (Å²) in [5.74, 6) is 0.491. The zero-order chi connectivity index (χ0) is 25.9. The minimum absolute atomic E-state index is 0.125. The summed E-state index contributed by atoms with van der Waals surface area (Å²) in [6, 6.07) is 17.8. The summed E-state index contributed by atoms with van der Waals surface area (Å²) in [7, 11) is 3.64. The molecule has 2 amide bonds. The van der Waals surface area contributed by atoms with E-state index in [0.717, 1.165) is 46.9 Å². The zero-order valence-corrected chi connectivity index (χ0v) is 22.2. The van der Waals surface area contributed by atoms with Crippen molar-refractivity contribution in [2.24, 2.45) is 0 Å². The van der Waals surface area contributed by atoms with E-state index >= 15 is 0 Å². The summed E-state index contributed by atoms with van der Waals surface area (Å²) < 4.78 is 6.57. The van der Waals surface area contributed by atoms with Crippen molar-refractivity contribution in [2.75, 3.05) is 37.9 Å². The van der Waals surface area contributed by atoms with Crippen LogP contribution in [0.15, 0.2) is 59.2 Å². The molecule has 1 aromatic heterocycles. The van der Waals surface area contributed by atoms with Crippen molar-refractivity contribution in [2.45, 2.75) is 18.9 Å². The number of nitriles is 1. The number of pyridine rings is 1. The topological polar surface area (TPSA) is 102 Å². The molecule has 1 aliphatic rings. The van der Waals surface area contributed by atoms with Crippen LogP contribution in [0.25, 0.3) is 21.7 Å². The number of ether oxygens (including phenoxy) is 1. The van der Waals surface area contributed by atoms with Crippen molar-refractivity contribution in [3.8, 4) is 11.8 Å². The molecule has 0 atom stereocenters. The van der Waals surface area contributed by atoms with E-state index in [4.69, 9.17) is 4.74 Å². The van der Waals surface area contributed by atoms with Gasteiger partial charge in [0.05, 0.1) is 29.6 Å². The number of rotatable bonds is 5. The molecule has 0 bridgehead atoms. The number of nitrogens with zero attached hydrogens (tertiary/aromatic N) is 3. The quantitative estimate of drug-likeness (QED) is 0.278. The van der Waals surface area contributed by atoms with Crippen molar-refractivity contribution in [3.05, 3.63) is 64.8 Å². The molecule has 0 spiro atoms. The van der Waals surface area contributed by atoms with E-state index in [1.54, 1.807) is 25.4 Å². The second kappa shape index (κ2) is 10.6. The van der Waals surface area contributed by atoms with Crippen LogP contribution >= 0.6 is 15.9 Å². The number of anilines is 3. The largest absolute Gasteiger partial charge is 0.494 e. The number of hydrogen-bond acceptors (Lipinski definition) is 6.